The second-order valence-electron chi connectivity index (χ2n) is 3.61. The smallest absolute Gasteiger partial charge is 0.308 e. The maximum Gasteiger partial charge on any atom is 0.308 e. The van der Waals surface area contributed by atoms with Gasteiger partial charge in [-0.05, 0) is 17.5 Å². The number of esters is 1. The summed E-state index contributed by atoms with van der Waals surface area (Å²) in [4.78, 5) is 14.1. The molecule has 1 atom stereocenters. The molecule has 0 radical (unpaired) electrons. The van der Waals surface area contributed by atoms with E-state index in [1.807, 2.05) is 30.3 Å². The monoisotopic (exact) mass is 219 g/mol. The number of aliphatic hydroxyl groups excluding tert-OH is 1. The first-order chi connectivity index (χ1) is 7.70. The van der Waals surface area contributed by atoms with Crippen LogP contribution in [0.25, 0.3) is 10.9 Å². The highest BCUT2D eigenvalue weighted by Gasteiger charge is 2.15. The molecule has 16 heavy (non-hydrogen) atoms. The standard InChI is InChI=1S/C12H13NO3/c1-16-12(15)7-11(14)10-6-8-4-2-3-5-9(8)13-10/h2-6,11,13-14H,7H2,1H3. The van der Waals surface area contributed by atoms with Gasteiger partial charge in [-0.3, -0.25) is 4.79 Å². The normalized spacial score (nSPS) is 12.6. The Kier molecular flexibility index (Phi) is 2.92. The minimum Gasteiger partial charge on any atom is -0.469 e. The van der Waals surface area contributed by atoms with Gasteiger partial charge in [-0.2, -0.15) is 0 Å². The van der Waals surface area contributed by atoms with Crippen molar-refractivity contribution in [3.63, 3.8) is 0 Å². The van der Waals surface area contributed by atoms with Crippen LogP contribution in [0.2, 0.25) is 0 Å². The van der Waals surface area contributed by atoms with Crippen molar-refractivity contribution >= 4 is 16.9 Å². The highest BCUT2D eigenvalue weighted by molar-refractivity contribution is 5.80. The number of benzene rings is 1. The van der Waals surface area contributed by atoms with Gasteiger partial charge >= 0.3 is 5.97 Å². The second kappa shape index (κ2) is 4.37. The summed E-state index contributed by atoms with van der Waals surface area (Å²) in [6.45, 7) is 0. The van der Waals surface area contributed by atoms with Crippen molar-refractivity contribution in [2.24, 2.45) is 0 Å². The number of para-hydroxylation sites is 1. The number of aliphatic hydroxyl groups is 1. The summed E-state index contributed by atoms with van der Waals surface area (Å²) in [5.74, 6) is -0.425. The van der Waals surface area contributed by atoms with E-state index in [0.29, 0.717) is 5.69 Å². The van der Waals surface area contributed by atoms with Crippen LogP contribution in [0.1, 0.15) is 18.2 Å². The van der Waals surface area contributed by atoms with E-state index < -0.39 is 12.1 Å². The molecule has 0 saturated heterocycles. The summed E-state index contributed by atoms with van der Waals surface area (Å²) in [6, 6.07) is 9.54. The van der Waals surface area contributed by atoms with Gasteiger partial charge in [0.25, 0.3) is 0 Å². The Bertz CT molecular complexity index is 471. The molecule has 0 fully saturated rings. The highest BCUT2D eigenvalue weighted by atomic mass is 16.5. The average Bonchev–Trinajstić information content (AvgIpc) is 2.72. The fourth-order valence-electron chi connectivity index (χ4n) is 1.63. The molecule has 1 aromatic heterocycles. The number of aromatic nitrogens is 1. The molecule has 1 unspecified atom stereocenters. The van der Waals surface area contributed by atoms with E-state index in [1.165, 1.54) is 7.11 Å². The zero-order valence-electron chi connectivity index (χ0n) is 8.93. The van der Waals surface area contributed by atoms with Crippen LogP contribution in [0.3, 0.4) is 0 Å². The summed E-state index contributed by atoms with van der Waals surface area (Å²) < 4.78 is 4.50. The summed E-state index contributed by atoms with van der Waals surface area (Å²) in [7, 11) is 1.31. The Balaban J connectivity index is 2.23. The molecule has 84 valence electrons. The summed E-state index contributed by atoms with van der Waals surface area (Å²) >= 11 is 0. The van der Waals surface area contributed by atoms with Crippen LogP contribution < -0.4 is 0 Å². The number of aromatic amines is 1. The maximum atomic E-state index is 11.0. The van der Waals surface area contributed by atoms with Gasteiger partial charge < -0.3 is 14.8 Å². The van der Waals surface area contributed by atoms with Crippen LogP contribution in [0.5, 0.6) is 0 Å². The molecule has 2 N–H and O–H groups in total. The van der Waals surface area contributed by atoms with Crippen molar-refractivity contribution in [3.8, 4) is 0 Å². The van der Waals surface area contributed by atoms with Gasteiger partial charge in [-0.25, -0.2) is 0 Å². The average molecular weight is 219 g/mol. The molecule has 4 nitrogen and oxygen atoms in total. The lowest BCUT2D eigenvalue weighted by Crippen LogP contribution is -2.08. The zero-order valence-corrected chi connectivity index (χ0v) is 8.93. The summed E-state index contributed by atoms with van der Waals surface area (Å²) in [5, 5.41) is 10.8. The molecular formula is C12H13NO3. The topological polar surface area (TPSA) is 62.3 Å². The van der Waals surface area contributed by atoms with Crippen molar-refractivity contribution < 1.29 is 14.6 Å². The number of carbonyl (C=O) groups excluding carboxylic acids is 1. The van der Waals surface area contributed by atoms with Gasteiger partial charge in [0.15, 0.2) is 0 Å². The lowest BCUT2D eigenvalue weighted by molar-refractivity contribution is -0.142. The summed E-state index contributed by atoms with van der Waals surface area (Å²) in [5.41, 5.74) is 1.58. The molecule has 2 rings (SSSR count). The van der Waals surface area contributed by atoms with Crippen molar-refractivity contribution in [2.75, 3.05) is 7.11 Å². The first-order valence-corrected chi connectivity index (χ1v) is 5.03. The van der Waals surface area contributed by atoms with Gasteiger partial charge in [0.05, 0.1) is 13.5 Å². The van der Waals surface area contributed by atoms with Crippen molar-refractivity contribution in [2.45, 2.75) is 12.5 Å². The molecule has 0 aliphatic rings. The number of ether oxygens (including phenoxy) is 1. The van der Waals surface area contributed by atoms with Crippen LogP contribution in [-0.2, 0) is 9.53 Å². The van der Waals surface area contributed by atoms with E-state index in [0.717, 1.165) is 10.9 Å². The van der Waals surface area contributed by atoms with Crippen LogP contribution >= 0.6 is 0 Å². The van der Waals surface area contributed by atoms with Gasteiger partial charge in [0.1, 0.15) is 6.10 Å². The highest BCUT2D eigenvalue weighted by Crippen LogP contribution is 2.21. The second-order valence-corrected chi connectivity index (χ2v) is 3.61. The van der Waals surface area contributed by atoms with Gasteiger partial charge in [0, 0.05) is 11.2 Å². The Labute approximate surface area is 92.9 Å². The molecule has 0 bridgehead atoms. The first-order valence-electron chi connectivity index (χ1n) is 5.03. The Morgan fingerprint density at radius 3 is 2.94 bits per heavy atom. The number of nitrogens with one attached hydrogen (secondary N) is 1. The predicted octanol–water partition coefficient (Wildman–Crippen LogP) is 1.76. The van der Waals surface area contributed by atoms with Crippen LogP contribution in [-0.4, -0.2) is 23.2 Å². The lowest BCUT2D eigenvalue weighted by atomic mass is 10.2. The van der Waals surface area contributed by atoms with Gasteiger partial charge in [0.2, 0.25) is 0 Å². The number of carbonyl (C=O) groups is 1. The number of hydrogen-bond donors (Lipinski definition) is 2. The molecule has 4 heteroatoms. The van der Waals surface area contributed by atoms with Crippen molar-refractivity contribution in [3.05, 3.63) is 36.0 Å². The third kappa shape index (κ3) is 2.06. The largest absolute Gasteiger partial charge is 0.469 e. The van der Waals surface area contributed by atoms with Crippen molar-refractivity contribution in [1.29, 1.82) is 0 Å². The predicted molar refractivity (Wildman–Crippen MR) is 59.9 cm³/mol. The minimum absolute atomic E-state index is 0.0384. The Morgan fingerprint density at radius 2 is 2.25 bits per heavy atom. The molecule has 0 spiro atoms. The van der Waals surface area contributed by atoms with E-state index in [-0.39, 0.29) is 6.42 Å². The molecule has 0 amide bonds. The number of fused-ring (bicyclic) bond motifs is 1. The van der Waals surface area contributed by atoms with Crippen LogP contribution in [0.15, 0.2) is 30.3 Å². The molecule has 1 aromatic carbocycles. The number of rotatable bonds is 3. The molecule has 2 aromatic rings. The van der Waals surface area contributed by atoms with E-state index >= 15 is 0 Å². The number of hydrogen-bond acceptors (Lipinski definition) is 3. The third-order valence-electron chi connectivity index (χ3n) is 2.50. The van der Waals surface area contributed by atoms with E-state index in [2.05, 4.69) is 9.72 Å². The van der Waals surface area contributed by atoms with Gasteiger partial charge in [-0.1, -0.05) is 18.2 Å². The molecule has 1 heterocycles. The first kappa shape index (κ1) is 10.7. The zero-order chi connectivity index (χ0) is 11.5. The Morgan fingerprint density at radius 1 is 1.50 bits per heavy atom. The van der Waals surface area contributed by atoms with E-state index in [4.69, 9.17) is 0 Å². The fraction of sp³-hybridized carbons (Fsp3) is 0.250. The van der Waals surface area contributed by atoms with E-state index in [1.54, 1.807) is 0 Å². The van der Waals surface area contributed by atoms with E-state index in [9.17, 15) is 9.90 Å². The number of H-pyrrole nitrogens is 1. The minimum atomic E-state index is -0.847. The van der Waals surface area contributed by atoms with Crippen molar-refractivity contribution in [1.82, 2.24) is 4.98 Å². The van der Waals surface area contributed by atoms with Crippen LogP contribution in [0, 0.1) is 0 Å². The molecule has 0 aliphatic carbocycles. The maximum absolute atomic E-state index is 11.0. The Hall–Kier alpha value is -1.81. The quantitative estimate of drug-likeness (QED) is 0.773. The lowest BCUT2D eigenvalue weighted by Gasteiger charge is -2.06. The van der Waals surface area contributed by atoms with Gasteiger partial charge in [-0.15, -0.1) is 0 Å². The SMILES string of the molecule is COC(=O)CC(O)c1cc2ccccc2[nH]1. The third-order valence-corrected chi connectivity index (χ3v) is 2.50. The molecule has 0 saturated carbocycles. The summed E-state index contributed by atoms with van der Waals surface area (Å²) in [6.07, 6.45) is -0.886. The fourth-order valence-corrected chi connectivity index (χ4v) is 1.63. The molecule has 0 aliphatic heterocycles. The molecular weight excluding hydrogens is 206 g/mol. The van der Waals surface area contributed by atoms with Crippen LogP contribution in [0.4, 0.5) is 0 Å². The number of methoxy groups -OCH3 is 1.